The van der Waals surface area contributed by atoms with Gasteiger partial charge < -0.3 is 5.32 Å². The Morgan fingerprint density at radius 1 is 1.50 bits per heavy atom. The van der Waals surface area contributed by atoms with E-state index < -0.39 is 0 Å². The van der Waals surface area contributed by atoms with Gasteiger partial charge >= 0.3 is 0 Å². The smallest absolute Gasteiger partial charge is 0.183 e. The first-order valence-electron chi connectivity index (χ1n) is 4.93. The lowest BCUT2D eigenvalue weighted by atomic mass is 9.78. The number of alkyl halides is 1. The van der Waals surface area contributed by atoms with Crippen molar-refractivity contribution in [1.29, 1.82) is 0 Å². The zero-order chi connectivity index (χ0) is 10.2. The minimum absolute atomic E-state index is 0.137. The first-order chi connectivity index (χ1) is 6.65. The number of nitrogens with one attached hydrogen (secondary N) is 1. The van der Waals surface area contributed by atoms with Gasteiger partial charge in [-0.05, 0) is 33.1 Å². The molecule has 0 unspecified atom stereocenters. The van der Waals surface area contributed by atoms with Crippen molar-refractivity contribution < 1.29 is 0 Å². The molecule has 1 N–H and O–H groups in total. The molecule has 1 heterocycles. The Balaban J connectivity index is 2.09. The van der Waals surface area contributed by atoms with Crippen LogP contribution in [0, 0.1) is 13.8 Å². The van der Waals surface area contributed by atoms with Crippen LogP contribution in [0.4, 0.5) is 5.13 Å². The maximum absolute atomic E-state index is 5.97. The summed E-state index contributed by atoms with van der Waals surface area (Å²) in [5.74, 6) is 0.685. The maximum Gasteiger partial charge on any atom is 0.183 e. The van der Waals surface area contributed by atoms with Gasteiger partial charge in [0, 0.05) is 10.8 Å². The van der Waals surface area contributed by atoms with Gasteiger partial charge in [0.25, 0.3) is 0 Å². The van der Waals surface area contributed by atoms with Crippen molar-refractivity contribution >= 4 is 28.1 Å². The molecule has 1 aromatic rings. The molecule has 0 radical (unpaired) electrons. The molecule has 0 amide bonds. The average molecular weight is 231 g/mol. The molecule has 1 saturated carbocycles. The van der Waals surface area contributed by atoms with E-state index in [1.54, 1.807) is 11.3 Å². The number of hydrogen-bond acceptors (Lipinski definition) is 3. The van der Waals surface area contributed by atoms with Crippen LogP contribution in [0.3, 0.4) is 0 Å². The molecule has 1 fully saturated rings. The fourth-order valence-corrected chi connectivity index (χ4v) is 2.92. The number of halogens is 1. The number of aromatic nitrogens is 1. The summed E-state index contributed by atoms with van der Waals surface area (Å²) in [5, 5.41) is 4.51. The average Bonchev–Trinajstić information content (AvgIpc) is 2.39. The zero-order valence-corrected chi connectivity index (χ0v) is 10.1. The van der Waals surface area contributed by atoms with Crippen LogP contribution in [-0.2, 0) is 0 Å². The second-order valence-corrected chi connectivity index (χ2v) is 5.52. The number of thiazole rings is 1. The largest absolute Gasteiger partial charge is 0.355 e. The van der Waals surface area contributed by atoms with Crippen LogP contribution in [0.2, 0.25) is 0 Å². The first-order valence-corrected chi connectivity index (χ1v) is 6.28. The summed E-state index contributed by atoms with van der Waals surface area (Å²) in [5.41, 5.74) is 1.26. The Morgan fingerprint density at radius 2 is 2.21 bits per heavy atom. The van der Waals surface area contributed by atoms with Gasteiger partial charge in [-0.3, -0.25) is 0 Å². The third-order valence-electron chi connectivity index (χ3n) is 2.97. The molecule has 1 aliphatic carbocycles. The molecular weight excluding hydrogens is 216 g/mol. The lowest BCUT2D eigenvalue weighted by Gasteiger charge is -2.40. The van der Waals surface area contributed by atoms with Gasteiger partial charge in [0.2, 0.25) is 0 Å². The second kappa shape index (κ2) is 3.70. The third kappa shape index (κ3) is 1.75. The maximum atomic E-state index is 5.97. The summed E-state index contributed by atoms with van der Waals surface area (Å²) in [6, 6.07) is 0. The van der Waals surface area contributed by atoms with Gasteiger partial charge in [-0.1, -0.05) is 0 Å². The van der Waals surface area contributed by atoms with Gasteiger partial charge in [-0.2, -0.15) is 0 Å². The molecule has 2 nitrogen and oxygen atoms in total. The molecule has 0 aromatic carbocycles. The lowest BCUT2D eigenvalue weighted by Crippen LogP contribution is -2.46. The van der Waals surface area contributed by atoms with Crippen molar-refractivity contribution in [3.63, 3.8) is 0 Å². The quantitative estimate of drug-likeness (QED) is 0.806. The first kappa shape index (κ1) is 10.2. The van der Waals surface area contributed by atoms with Crippen LogP contribution in [0.15, 0.2) is 0 Å². The van der Waals surface area contributed by atoms with E-state index in [0.717, 1.165) is 10.8 Å². The normalized spacial score (nSPS) is 19.1. The van der Waals surface area contributed by atoms with E-state index in [-0.39, 0.29) is 5.54 Å². The molecule has 14 heavy (non-hydrogen) atoms. The molecule has 0 spiro atoms. The molecular formula is C10H15ClN2S. The topological polar surface area (TPSA) is 24.9 Å². The standard InChI is InChI=1S/C10H15ClN2S/c1-7-8(2)14-9(12-7)13-10(6-11)4-3-5-10/h3-6H2,1-2H3,(H,12,13). The van der Waals surface area contributed by atoms with Crippen LogP contribution < -0.4 is 5.32 Å². The Hall–Kier alpha value is -0.280. The van der Waals surface area contributed by atoms with Crippen molar-refractivity contribution in [3.8, 4) is 0 Å². The van der Waals surface area contributed by atoms with E-state index >= 15 is 0 Å². The van der Waals surface area contributed by atoms with E-state index in [4.69, 9.17) is 11.6 Å². The summed E-state index contributed by atoms with van der Waals surface area (Å²) in [6.07, 6.45) is 3.63. The van der Waals surface area contributed by atoms with Gasteiger partial charge in [0.1, 0.15) is 0 Å². The van der Waals surface area contributed by atoms with Crippen molar-refractivity contribution in [2.45, 2.75) is 38.6 Å². The number of nitrogens with zero attached hydrogens (tertiary/aromatic N) is 1. The number of anilines is 1. The highest BCUT2D eigenvalue weighted by Crippen LogP contribution is 2.37. The van der Waals surface area contributed by atoms with Crippen molar-refractivity contribution in [2.24, 2.45) is 0 Å². The molecule has 4 heteroatoms. The molecule has 1 aliphatic rings. The predicted octanol–water partition coefficient (Wildman–Crippen LogP) is 3.33. The van der Waals surface area contributed by atoms with Gasteiger partial charge in [0.05, 0.1) is 11.2 Å². The number of hydrogen-bond donors (Lipinski definition) is 1. The minimum atomic E-state index is 0.137. The second-order valence-electron chi connectivity index (χ2n) is 4.05. The van der Waals surface area contributed by atoms with Crippen molar-refractivity contribution in [3.05, 3.63) is 10.6 Å². The summed E-state index contributed by atoms with van der Waals surface area (Å²) < 4.78 is 0. The monoisotopic (exact) mass is 230 g/mol. The number of rotatable bonds is 3. The predicted molar refractivity (Wildman–Crippen MR) is 62.5 cm³/mol. The van der Waals surface area contributed by atoms with Crippen LogP contribution >= 0.6 is 22.9 Å². The minimum Gasteiger partial charge on any atom is -0.355 e. The third-order valence-corrected chi connectivity index (χ3v) is 4.47. The Morgan fingerprint density at radius 3 is 2.57 bits per heavy atom. The van der Waals surface area contributed by atoms with Crippen LogP contribution in [0.1, 0.15) is 29.8 Å². The SMILES string of the molecule is Cc1nc(NC2(CCl)CCC2)sc1C. The van der Waals surface area contributed by atoms with Gasteiger partial charge in [-0.15, -0.1) is 22.9 Å². The highest BCUT2D eigenvalue weighted by Gasteiger charge is 2.36. The highest BCUT2D eigenvalue weighted by atomic mass is 35.5. The summed E-state index contributed by atoms with van der Waals surface area (Å²) in [7, 11) is 0. The molecule has 0 atom stereocenters. The Kier molecular flexibility index (Phi) is 2.71. The van der Waals surface area contributed by atoms with E-state index in [1.165, 1.54) is 24.1 Å². The van der Waals surface area contributed by atoms with Gasteiger partial charge in [0.15, 0.2) is 5.13 Å². The molecule has 2 rings (SSSR count). The molecule has 0 saturated heterocycles. The van der Waals surface area contributed by atoms with E-state index in [0.29, 0.717) is 5.88 Å². The molecule has 0 bridgehead atoms. The van der Waals surface area contributed by atoms with Crippen LogP contribution in [-0.4, -0.2) is 16.4 Å². The fraction of sp³-hybridized carbons (Fsp3) is 0.700. The molecule has 1 aromatic heterocycles. The zero-order valence-electron chi connectivity index (χ0n) is 8.56. The summed E-state index contributed by atoms with van der Waals surface area (Å²) in [6.45, 7) is 4.15. The number of aryl methyl sites for hydroxylation is 2. The van der Waals surface area contributed by atoms with E-state index in [2.05, 4.69) is 17.2 Å². The Labute approximate surface area is 93.7 Å². The van der Waals surface area contributed by atoms with Crippen LogP contribution in [0.5, 0.6) is 0 Å². The fourth-order valence-electron chi connectivity index (χ4n) is 1.65. The van der Waals surface area contributed by atoms with E-state index in [9.17, 15) is 0 Å². The molecule has 0 aliphatic heterocycles. The summed E-state index contributed by atoms with van der Waals surface area (Å²) in [4.78, 5) is 5.76. The Bertz CT molecular complexity index is 306. The van der Waals surface area contributed by atoms with E-state index in [1.807, 2.05) is 6.92 Å². The van der Waals surface area contributed by atoms with Crippen molar-refractivity contribution in [1.82, 2.24) is 4.98 Å². The lowest BCUT2D eigenvalue weighted by molar-refractivity contribution is 0.311. The van der Waals surface area contributed by atoms with Crippen LogP contribution in [0.25, 0.3) is 0 Å². The van der Waals surface area contributed by atoms with Gasteiger partial charge in [-0.25, -0.2) is 4.98 Å². The molecule has 78 valence electrons. The summed E-state index contributed by atoms with van der Waals surface area (Å²) >= 11 is 7.70. The van der Waals surface area contributed by atoms with Crippen molar-refractivity contribution in [2.75, 3.05) is 11.2 Å². The highest BCUT2D eigenvalue weighted by molar-refractivity contribution is 7.15.